The van der Waals surface area contributed by atoms with Crippen molar-refractivity contribution in [3.8, 4) is 5.75 Å². The number of halogens is 1. The Bertz CT molecular complexity index is 528. The first kappa shape index (κ1) is 11.7. The Morgan fingerprint density at radius 1 is 1.53 bits per heavy atom. The topological polar surface area (TPSA) is 63.3 Å². The summed E-state index contributed by atoms with van der Waals surface area (Å²) in [7, 11) is 0. The normalized spacial score (nSPS) is 10.4. The molecule has 2 rings (SSSR count). The molecule has 0 spiro atoms. The van der Waals surface area contributed by atoms with Gasteiger partial charge in [0.05, 0.1) is 17.5 Å². The lowest BCUT2D eigenvalue weighted by atomic mass is 10.1. The van der Waals surface area contributed by atoms with E-state index in [1.807, 2.05) is 0 Å². The number of aromatic nitrogens is 1. The molecule has 0 aliphatic heterocycles. The number of benzene rings is 1. The lowest BCUT2D eigenvalue weighted by Gasteiger charge is -2.02. The van der Waals surface area contributed by atoms with E-state index in [-0.39, 0.29) is 22.8 Å². The SMILES string of the molecule is O=C(CSc1ncco1)c1cc(F)ccc1O. The number of hydrogen-bond acceptors (Lipinski definition) is 5. The molecule has 0 saturated carbocycles. The quantitative estimate of drug-likeness (QED) is 0.670. The number of carbonyl (C=O) groups excluding carboxylic acids is 1. The minimum Gasteiger partial charge on any atom is -0.507 e. The number of phenolic OH excluding ortho intramolecular Hbond substituents is 1. The van der Waals surface area contributed by atoms with Crippen LogP contribution in [-0.4, -0.2) is 21.6 Å². The second kappa shape index (κ2) is 5.01. The summed E-state index contributed by atoms with van der Waals surface area (Å²) in [4.78, 5) is 15.5. The van der Waals surface area contributed by atoms with Crippen LogP contribution < -0.4 is 0 Å². The van der Waals surface area contributed by atoms with Gasteiger partial charge in [0, 0.05) is 0 Å². The maximum atomic E-state index is 12.9. The van der Waals surface area contributed by atoms with Crippen molar-refractivity contribution in [2.45, 2.75) is 5.22 Å². The van der Waals surface area contributed by atoms with Gasteiger partial charge in [-0.25, -0.2) is 9.37 Å². The highest BCUT2D eigenvalue weighted by molar-refractivity contribution is 7.99. The summed E-state index contributed by atoms with van der Waals surface area (Å²) in [5.74, 6) is -1.15. The third-order valence-corrected chi connectivity index (χ3v) is 2.85. The predicted molar refractivity (Wildman–Crippen MR) is 59.6 cm³/mol. The van der Waals surface area contributed by atoms with Crippen molar-refractivity contribution in [2.24, 2.45) is 0 Å². The number of phenols is 1. The fourth-order valence-electron chi connectivity index (χ4n) is 1.22. The Balaban J connectivity index is 2.07. The Labute approximate surface area is 100 Å². The van der Waals surface area contributed by atoms with Crippen LogP contribution in [0.25, 0.3) is 0 Å². The van der Waals surface area contributed by atoms with Crippen LogP contribution in [0.4, 0.5) is 4.39 Å². The molecule has 0 fully saturated rings. The molecule has 1 aromatic carbocycles. The van der Waals surface area contributed by atoms with Gasteiger partial charge in [0.25, 0.3) is 5.22 Å². The van der Waals surface area contributed by atoms with E-state index in [0.29, 0.717) is 5.22 Å². The molecule has 0 amide bonds. The molecule has 1 aromatic heterocycles. The van der Waals surface area contributed by atoms with E-state index >= 15 is 0 Å². The zero-order chi connectivity index (χ0) is 12.3. The molecule has 0 atom stereocenters. The monoisotopic (exact) mass is 253 g/mol. The van der Waals surface area contributed by atoms with Gasteiger partial charge in [0.15, 0.2) is 5.78 Å². The van der Waals surface area contributed by atoms with Crippen LogP contribution in [0.3, 0.4) is 0 Å². The van der Waals surface area contributed by atoms with Crippen LogP contribution in [0, 0.1) is 5.82 Å². The molecule has 2 aromatic rings. The number of ketones is 1. The molecular formula is C11H8FNO3S. The number of nitrogens with zero attached hydrogens (tertiary/aromatic N) is 1. The summed E-state index contributed by atoms with van der Waals surface area (Å²) >= 11 is 1.08. The van der Waals surface area contributed by atoms with E-state index in [1.165, 1.54) is 12.5 Å². The first-order valence-electron chi connectivity index (χ1n) is 4.71. The van der Waals surface area contributed by atoms with Gasteiger partial charge < -0.3 is 9.52 Å². The number of thioether (sulfide) groups is 1. The highest BCUT2D eigenvalue weighted by atomic mass is 32.2. The summed E-state index contributed by atoms with van der Waals surface area (Å²) in [6.45, 7) is 0. The zero-order valence-electron chi connectivity index (χ0n) is 8.59. The zero-order valence-corrected chi connectivity index (χ0v) is 9.41. The van der Waals surface area contributed by atoms with Gasteiger partial charge in [0.2, 0.25) is 0 Å². The van der Waals surface area contributed by atoms with Gasteiger partial charge in [-0.2, -0.15) is 0 Å². The van der Waals surface area contributed by atoms with Gasteiger partial charge >= 0.3 is 0 Å². The smallest absolute Gasteiger partial charge is 0.255 e. The molecule has 88 valence electrons. The molecule has 0 aliphatic rings. The van der Waals surface area contributed by atoms with Crippen LogP contribution in [0.15, 0.2) is 40.3 Å². The average molecular weight is 253 g/mol. The largest absolute Gasteiger partial charge is 0.507 e. The van der Waals surface area contributed by atoms with E-state index in [4.69, 9.17) is 4.42 Å². The van der Waals surface area contributed by atoms with E-state index < -0.39 is 5.82 Å². The Hall–Kier alpha value is -1.82. The van der Waals surface area contributed by atoms with Crippen LogP contribution in [0.2, 0.25) is 0 Å². The molecular weight excluding hydrogens is 245 g/mol. The van der Waals surface area contributed by atoms with Crippen LogP contribution in [0.5, 0.6) is 5.75 Å². The highest BCUT2D eigenvalue weighted by Gasteiger charge is 2.13. The second-order valence-corrected chi connectivity index (χ2v) is 4.10. The molecule has 17 heavy (non-hydrogen) atoms. The molecule has 1 heterocycles. The predicted octanol–water partition coefficient (Wildman–Crippen LogP) is 2.49. The summed E-state index contributed by atoms with van der Waals surface area (Å²) in [6.07, 6.45) is 2.86. The Morgan fingerprint density at radius 2 is 2.35 bits per heavy atom. The van der Waals surface area contributed by atoms with E-state index in [9.17, 15) is 14.3 Å². The fourth-order valence-corrected chi connectivity index (χ4v) is 1.89. The minimum atomic E-state index is -0.563. The molecule has 0 radical (unpaired) electrons. The maximum Gasteiger partial charge on any atom is 0.255 e. The minimum absolute atomic E-state index is 0.0253. The number of carbonyl (C=O) groups is 1. The summed E-state index contributed by atoms with van der Waals surface area (Å²) in [5.41, 5.74) is -0.0379. The Kier molecular flexibility index (Phi) is 3.43. The maximum absolute atomic E-state index is 12.9. The van der Waals surface area contributed by atoms with Crippen molar-refractivity contribution < 1.29 is 18.7 Å². The lowest BCUT2D eigenvalue weighted by molar-refractivity contribution is 0.101. The first-order chi connectivity index (χ1) is 8.16. The molecule has 0 unspecified atom stereocenters. The molecule has 0 bridgehead atoms. The number of aromatic hydroxyl groups is 1. The number of hydrogen-bond donors (Lipinski definition) is 1. The van der Waals surface area contributed by atoms with E-state index in [1.54, 1.807) is 0 Å². The third-order valence-electron chi connectivity index (χ3n) is 2.00. The molecule has 0 saturated heterocycles. The fraction of sp³-hybridized carbons (Fsp3) is 0.0909. The van der Waals surface area contributed by atoms with Crippen molar-refractivity contribution in [1.29, 1.82) is 0 Å². The van der Waals surface area contributed by atoms with Gasteiger partial charge in [-0.3, -0.25) is 4.79 Å². The number of Topliss-reactive ketones (excluding diaryl/α,β-unsaturated/α-hetero) is 1. The van der Waals surface area contributed by atoms with Crippen molar-refractivity contribution in [3.05, 3.63) is 42.0 Å². The number of rotatable bonds is 4. The van der Waals surface area contributed by atoms with Crippen molar-refractivity contribution in [2.75, 3.05) is 5.75 Å². The van der Waals surface area contributed by atoms with Gasteiger partial charge in [0.1, 0.15) is 17.8 Å². The van der Waals surface area contributed by atoms with Crippen LogP contribution >= 0.6 is 11.8 Å². The van der Waals surface area contributed by atoms with E-state index in [2.05, 4.69) is 4.98 Å². The first-order valence-corrected chi connectivity index (χ1v) is 5.69. The second-order valence-electron chi connectivity index (χ2n) is 3.17. The lowest BCUT2D eigenvalue weighted by Crippen LogP contribution is -2.03. The summed E-state index contributed by atoms with van der Waals surface area (Å²) < 4.78 is 17.9. The molecule has 1 N–H and O–H groups in total. The average Bonchev–Trinajstić information content (AvgIpc) is 2.82. The summed E-state index contributed by atoms with van der Waals surface area (Å²) in [5, 5.41) is 9.78. The summed E-state index contributed by atoms with van der Waals surface area (Å²) in [6, 6.07) is 3.25. The van der Waals surface area contributed by atoms with Crippen molar-refractivity contribution in [1.82, 2.24) is 4.98 Å². The van der Waals surface area contributed by atoms with Gasteiger partial charge in [-0.05, 0) is 18.2 Å². The van der Waals surface area contributed by atoms with Crippen molar-refractivity contribution in [3.63, 3.8) is 0 Å². The highest BCUT2D eigenvalue weighted by Crippen LogP contribution is 2.22. The molecule has 4 nitrogen and oxygen atoms in total. The standard InChI is InChI=1S/C11H8FNO3S/c12-7-1-2-9(14)8(5-7)10(15)6-17-11-13-3-4-16-11/h1-5,14H,6H2. The van der Waals surface area contributed by atoms with Crippen LogP contribution in [0.1, 0.15) is 10.4 Å². The number of oxazole rings is 1. The molecule has 6 heteroatoms. The Morgan fingerprint density at radius 3 is 3.06 bits per heavy atom. The van der Waals surface area contributed by atoms with Gasteiger partial charge in [-0.1, -0.05) is 11.8 Å². The van der Waals surface area contributed by atoms with Crippen molar-refractivity contribution >= 4 is 17.5 Å². The van der Waals surface area contributed by atoms with Gasteiger partial charge in [-0.15, -0.1) is 0 Å². The molecule has 0 aliphatic carbocycles. The van der Waals surface area contributed by atoms with Crippen LogP contribution in [-0.2, 0) is 0 Å². The third kappa shape index (κ3) is 2.85. The van der Waals surface area contributed by atoms with E-state index in [0.717, 1.165) is 30.0 Å².